The Morgan fingerprint density at radius 1 is 1.38 bits per heavy atom. The van der Waals surface area contributed by atoms with Crippen LogP contribution >= 0.6 is 0 Å². The van der Waals surface area contributed by atoms with Crippen molar-refractivity contribution in [2.24, 2.45) is 0 Å². The number of carboxylic acid groups (broad SMARTS) is 1. The Kier molecular flexibility index (Phi) is 4.39. The minimum Gasteiger partial charge on any atom is -0.480 e. The number of imidazole rings is 1. The van der Waals surface area contributed by atoms with Crippen molar-refractivity contribution in [3.05, 3.63) is 42.5 Å². The van der Waals surface area contributed by atoms with E-state index in [-0.39, 0.29) is 6.42 Å². The Morgan fingerprint density at radius 2 is 2.14 bits per heavy atom. The highest BCUT2D eigenvalue weighted by Crippen LogP contribution is 2.16. The summed E-state index contributed by atoms with van der Waals surface area (Å²) in [5.41, 5.74) is 7.12. The van der Waals surface area contributed by atoms with Gasteiger partial charge in [0.1, 0.15) is 6.04 Å². The minimum atomic E-state index is -1.14. The third-order valence-electron chi connectivity index (χ3n) is 2.79. The lowest BCUT2D eigenvalue weighted by Gasteiger charge is -2.15. The van der Waals surface area contributed by atoms with E-state index < -0.39 is 18.0 Å². The fourth-order valence-electron chi connectivity index (χ4n) is 1.74. The van der Waals surface area contributed by atoms with Crippen LogP contribution in [0.5, 0.6) is 0 Å². The van der Waals surface area contributed by atoms with Gasteiger partial charge in [0.25, 0.3) is 0 Å². The van der Waals surface area contributed by atoms with Gasteiger partial charge in [-0.2, -0.15) is 0 Å². The molecule has 2 amide bonds. The number of nitrogens with one attached hydrogen (secondary N) is 3. The maximum absolute atomic E-state index is 11.8. The van der Waals surface area contributed by atoms with Crippen molar-refractivity contribution < 1.29 is 14.7 Å². The van der Waals surface area contributed by atoms with Gasteiger partial charge >= 0.3 is 12.0 Å². The van der Waals surface area contributed by atoms with Crippen LogP contribution in [0.1, 0.15) is 5.69 Å². The number of aliphatic carboxylic acids is 1. The number of benzene rings is 1. The molecule has 1 aromatic heterocycles. The highest BCUT2D eigenvalue weighted by molar-refractivity contribution is 5.94. The largest absolute Gasteiger partial charge is 0.480 e. The molecular formula is C13H15N5O3. The van der Waals surface area contributed by atoms with E-state index in [1.807, 2.05) is 0 Å². The van der Waals surface area contributed by atoms with Crippen molar-refractivity contribution in [3.8, 4) is 0 Å². The number of hydrogen-bond acceptors (Lipinski definition) is 4. The number of carbonyl (C=O) groups excluding carboxylic acids is 1. The third-order valence-corrected chi connectivity index (χ3v) is 2.79. The number of hydrogen-bond donors (Lipinski definition) is 5. The molecule has 21 heavy (non-hydrogen) atoms. The minimum absolute atomic E-state index is 0.104. The van der Waals surface area contributed by atoms with E-state index in [0.717, 1.165) is 0 Å². The lowest BCUT2D eigenvalue weighted by Crippen LogP contribution is -2.44. The topological polar surface area (TPSA) is 133 Å². The average molecular weight is 289 g/mol. The molecular weight excluding hydrogens is 274 g/mol. The van der Waals surface area contributed by atoms with Crippen molar-refractivity contribution in [1.82, 2.24) is 15.3 Å². The van der Waals surface area contributed by atoms with Gasteiger partial charge in [0.2, 0.25) is 0 Å². The van der Waals surface area contributed by atoms with Crippen LogP contribution in [0.3, 0.4) is 0 Å². The van der Waals surface area contributed by atoms with E-state index in [1.54, 1.807) is 24.3 Å². The van der Waals surface area contributed by atoms with Crippen molar-refractivity contribution in [1.29, 1.82) is 0 Å². The zero-order valence-electron chi connectivity index (χ0n) is 11.0. The molecule has 8 heteroatoms. The molecule has 0 spiro atoms. The average Bonchev–Trinajstić information content (AvgIpc) is 2.93. The van der Waals surface area contributed by atoms with Gasteiger partial charge in [-0.25, -0.2) is 14.6 Å². The van der Waals surface area contributed by atoms with E-state index in [1.165, 1.54) is 12.5 Å². The van der Waals surface area contributed by atoms with Gasteiger partial charge in [0, 0.05) is 18.3 Å². The summed E-state index contributed by atoms with van der Waals surface area (Å²) in [5.74, 6) is -1.14. The second-order valence-corrected chi connectivity index (χ2v) is 4.36. The van der Waals surface area contributed by atoms with Gasteiger partial charge in [0.15, 0.2) is 0 Å². The van der Waals surface area contributed by atoms with Crippen LogP contribution in [0.25, 0.3) is 0 Å². The lowest BCUT2D eigenvalue weighted by molar-refractivity contribution is -0.139. The Hall–Kier alpha value is -3.03. The molecule has 2 rings (SSSR count). The summed E-state index contributed by atoms with van der Waals surface area (Å²) in [6, 6.07) is 4.99. The highest BCUT2D eigenvalue weighted by atomic mass is 16.4. The molecule has 0 aliphatic rings. The summed E-state index contributed by atoms with van der Waals surface area (Å²) < 4.78 is 0. The Balaban J connectivity index is 1.98. The number of para-hydroxylation sites is 2. The Labute approximate surface area is 120 Å². The molecule has 2 aromatic rings. The fraction of sp³-hybridized carbons (Fsp3) is 0.154. The molecule has 6 N–H and O–H groups in total. The summed E-state index contributed by atoms with van der Waals surface area (Å²) in [5, 5.41) is 14.0. The molecule has 0 radical (unpaired) electrons. The quantitative estimate of drug-likeness (QED) is 0.519. The van der Waals surface area contributed by atoms with E-state index in [4.69, 9.17) is 10.8 Å². The smallest absolute Gasteiger partial charge is 0.326 e. The van der Waals surface area contributed by atoms with Gasteiger partial charge in [-0.3, -0.25) is 0 Å². The maximum Gasteiger partial charge on any atom is 0.326 e. The zero-order chi connectivity index (χ0) is 15.2. The Bertz CT molecular complexity index is 626. The first-order chi connectivity index (χ1) is 10.1. The number of nitrogen functional groups attached to an aromatic ring is 1. The van der Waals surface area contributed by atoms with E-state index >= 15 is 0 Å². The van der Waals surface area contributed by atoms with E-state index in [2.05, 4.69) is 20.6 Å². The second-order valence-electron chi connectivity index (χ2n) is 4.36. The fourth-order valence-corrected chi connectivity index (χ4v) is 1.74. The molecule has 0 bridgehead atoms. The van der Waals surface area contributed by atoms with Crippen LogP contribution in [-0.2, 0) is 11.2 Å². The van der Waals surface area contributed by atoms with E-state index in [0.29, 0.717) is 17.1 Å². The van der Waals surface area contributed by atoms with Crippen LogP contribution in [0.4, 0.5) is 16.2 Å². The first-order valence-electron chi connectivity index (χ1n) is 6.18. The summed E-state index contributed by atoms with van der Waals surface area (Å²) in [7, 11) is 0. The van der Waals surface area contributed by atoms with Gasteiger partial charge in [-0.05, 0) is 12.1 Å². The van der Waals surface area contributed by atoms with Crippen LogP contribution in [0, 0.1) is 0 Å². The number of H-pyrrole nitrogens is 1. The number of aromatic amines is 1. The molecule has 110 valence electrons. The second kappa shape index (κ2) is 6.42. The van der Waals surface area contributed by atoms with Gasteiger partial charge in [0.05, 0.1) is 17.7 Å². The number of amides is 2. The standard InChI is InChI=1S/C13H15N5O3/c14-9-3-1-2-4-10(9)17-13(21)18-11(12(19)20)5-8-6-15-7-16-8/h1-4,6-7,11H,5,14H2,(H,15,16)(H,19,20)(H2,17,18,21)/t11-/m1/s1. The summed E-state index contributed by atoms with van der Waals surface area (Å²) in [6.07, 6.45) is 3.05. The third kappa shape index (κ3) is 3.96. The number of urea groups is 1. The molecule has 0 saturated carbocycles. The predicted octanol–water partition coefficient (Wildman–Crippen LogP) is 0.809. The zero-order valence-corrected chi connectivity index (χ0v) is 11.0. The molecule has 1 heterocycles. The molecule has 1 atom stereocenters. The number of carboxylic acids is 1. The van der Waals surface area contributed by atoms with Crippen molar-refractivity contribution in [3.63, 3.8) is 0 Å². The predicted molar refractivity (Wildman–Crippen MR) is 76.7 cm³/mol. The van der Waals surface area contributed by atoms with Gasteiger partial charge in [-0.1, -0.05) is 12.1 Å². The highest BCUT2D eigenvalue weighted by Gasteiger charge is 2.21. The molecule has 0 unspecified atom stereocenters. The number of carbonyl (C=O) groups is 2. The molecule has 0 aliphatic heterocycles. The van der Waals surface area contributed by atoms with Crippen LogP contribution < -0.4 is 16.4 Å². The number of aromatic nitrogens is 2. The van der Waals surface area contributed by atoms with Crippen molar-refractivity contribution in [2.75, 3.05) is 11.1 Å². The summed E-state index contributed by atoms with van der Waals surface area (Å²) in [4.78, 5) is 29.6. The SMILES string of the molecule is Nc1ccccc1NC(=O)N[C@H](Cc1cnc[nH]1)C(=O)O. The molecule has 0 fully saturated rings. The molecule has 1 aromatic carbocycles. The van der Waals surface area contributed by atoms with Crippen LogP contribution in [0.15, 0.2) is 36.8 Å². The number of anilines is 2. The number of nitrogens with two attached hydrogens (primary N) is 1. The molecule has 0 saturated heterocycles. The normalized spacial score (nSPS) is 11.6. The van der Waals surface area contributed by atoms with Crippen LogP contribution in [0.2, 0.25) is 0 Å². The van der Waals surface area contributed by atoms with Crippen molar-refractivity contribution in [2.45, 2.75) is 12.5 Å². The Morgan fingerprint density at radius 3 is 2.76 bits per heavy atom. The summed E-state index contributed by atoms with van der Waals surface area (Å²) >= 11 is 0. The van der Waals surface area contributed by atoms with Gasteiger partial charge in [-0.15, -0.1) is 0 Å². The van der Waals surface area contributed by atoms with Crippen molar-refractivity contribution >= 4 is 23.4 Å². The lowest BCUT2D eigenvalue weighted by atomic mass is 10.1. The number of rotatable bonds is 5. The number of nitrogens with zero attached hydrogens (tertiary/aromatic N) is 1. The molecule has 8 nitrogen and oxygen atoms in total. The monoisotopic (exact) mass is 289 g/mol. The summed E-state index contributed by atoms with van der Waals surface area (Å²) in [6.45, 7) is 0. The van der Waals surface area contributed by atoms with Crippen LogP contribution in [-0.4, -0.2) is 33.1 Å². The first kappa shape index (κ1) is 14.4. The van der Waals surface area contributed by atoms with E-state index in [9.17, 15) is 9.59 Å². The first-order valence-corrected chi connectivity index (χ1v) is 6.18. The van der Waals surface area contributed by atoms with Gasteiger partial charge < -0.3 is 26.5 Å². The molecule has 0 aliphatic carbocycles. The maximum atomic E-state index is 11.8.